The van der Waals surface area contributed by atoms with Gasteiger partial charge in [0.05, 0.1) is 0 Å². The van der Waals surface area contributed by atoms with Gasteiger partial charge in [-0.25, -0.2) is 4.98 Å². The van der Waals surface area contributed by atoms with E-state index in [0.717, 1.165) is 12.8 Å². The molecule has 0 aromatic carbocycles. The minimum absolute atomic E-state index is 0.0572. The van der Waals surface area contributed by atoms with Crippen LogP contribution < -0.4 is 11.1 Å². The van der Waals surface area contributed by atoms with Crippen LogP contribution in [-0.4, -0.2) is 17.4 Å². The van der Waals surface area contributed by atoms with Crippen LogP contribution in [0.1, 0.15) is 19.3 Å². The third-order valence-electron chi connectivity index (χ3n) is 1.84. The Hall–Kier alpha value is -1.13. The molecule has 0 aliphatic heterocycles. The number of hydrogen-bond donors (Lipinski definition) is 2. The van der Waals surface area contributed by atoms with Crippen molar-refractivity contribution in [2.45, 2.75) is 19.3 Å². The van der Waals surface area contributed by atoms with Gasteiger partial charge in [-0.1, -0.05) is 17.7 Å². The Labute approximate surface area is 93.8 Å². The summed E-state index contributed by atoms with van der Waals surface area (Å²) in [6.45, 7) is 0.614. The average molecular weight is 228 g/mol. The standard InChI is InChI=1S/C10H14ClN3O/c11-8-4-3-5-9(13-8)14-10(15)6-1-2-7-12/h3-5H,1-2,6-7,12H2,(H,13,14,15). The summed E-state index contributed by atoms with van der Waals surface area (Å²) in [6, 6.07) is 5.10. The van der Waals surface area contributed by atoms with Crippen LogP contribution in [-0.2, 0) is 4.79 Å². The van der Waals surface area contributed by atoms with Crippen molar-refractivity contribution in [1.82, 2.24) is 4.98 Å². The molecular formula is C10H14ClN3O. The fourth-order valence-corrected chi connectivity index (χ4v) is 1.28. The fourth-order valence-electron chi connectivity index (χ4n) is 1.11. The van der Waals surface area contributed by atoms with Crippen LogP contribution in [0.5, 0.6) is 0 Å². The van der Waals surface area contributed by atoms with Gasteiger partial charge in [0.2, 0.25) is 5.91 Å². The van der Waals surface area contributed by atoms with E-state index >= 15 is 0 Å². The normalized spacial score (nSPS) is 10.0. The highest BCUT2D eigenvalue weighted by molar-refractivity contribution is 6.29. The van der Waals surface area contributed by atoms with Crippen LogP contribution in [0.2, 0.25) is 5.15 Å². The number of aromatic nitrogens is 1. The summed E-state index contributed by atoms with van der Waals surface area (Å²) in [5, 5.41) is 3.04. The second-order valence-electron chi connectivity index (χ2n) is 3.14. The second kappa shape index (κ2) is 6.37. The minimum Gasteiger partial charge on any atom is -0.330 e. The zero-order valence-corrected chi connectivity index (χ0v) is 9.13. The lowest BCUT2D eigenvalue weighted by Gasteiger charge is -2.03. The number of carbonyl (C=O) groups is 1. The highest BCUT2D eigenvalue weighted by Crippen LogP contribution is 2.09. The first kappa shape index (κ1) is 11.9. The van der Waals surface area contributed by atoms with Crippen LogP contribution >= 0.6 is 11.6 Å². The van der Waals surface area contributed by atoms with Gasteiger partial charge in [-0.05, 0) is 31.5 Å². The van der Waals surface area contributed by atoms with Crippen molar-refractivity contribution in [3.05, 3.63) is 23.4 Å². The number of pyridine rings is 1. The van der Waals surface area contributed by atoms with Crippen molar-refractivity contribution in [2.24, 2.45) is 5.73 Å². The third-order valence-corrected chi connectivity index (χ3v) is 2.05. The maximum absolute atomic E-state index is 11.4. The number of hydrogen-bond acceptors (Lipinski definition) is 3. The molecule has 0 aliphatic carbocycles. The lowest BCUT2D eigenvalue weighted by molar-refractivity contribution is -0.116. The number of carbonyl (C=O) groups excluding carboxylic acids is 1. The molecule has 0 radical (unpaired) electrons. The van der Waals surface area contributed by atoms with Gasteiger partial charge < -0.3 is 11.1 Å². The number of rotatable bonds is 5. The number of nitrogens with one attached hydrogen (secondary N) is 1. The van der Waals surface area contributed by atoms with Gasteiger partial charge in [-0.15, -0.1) is 0 Å². The van der Waals surface area contributed by atoms with Gasteiger partial charge in [-0.2, -0.15) is 0 Å². The second-order valence-corrected chi connectivity index (χ2v) is 3.53. The lowest BCUT2D eigenvalue weighted by atomic mass is 10.2. The van der Waals surface area contributed by atoms with E-state index < -0.39 is 0 Å². The molecule has 0 aliphatic rings. The molecule has 1 aromatic rings. The molecule has 1 amide bonds. The molecule has 3 N–H and O–H groups in total. The molecule has 15 heavy (non-hydrogen) atoms. The van der Waals surface area contributed by atoms with Crippen molar-refractivity contribution in [3.8, 4) is 0 Å². The van der Waals surface area contributed by atoms with E-state index in [2.05, 4.69) is 10.3 Å². The highest BCUT2D eigenvalue weighted by atomic mass is 35.5. The molecule has 5 heteroatoms. The van der Waals surface area contributed by atoms with Gasteiger partial charge in [0.15, 0.2) is 0 Å². The van der Waals surface area contributed by atoms with Gasteiger partial charge in [0, 0.05) is 6.42 Å². The SMILES string of the molecule is NCCCCC(=O)Nc1cccc(Cl)n1. The van der Waals surface area contributed by atoms with Crippen LogP contribution in [0.4, 0.5) is 5.82 Å². The largest absolute Gasteiger partial charge is 0.330 e. The summed E-state index contributed by atoms with van der Waals surface area (Å²) >= 11 is 5.68. The predicted molar refractivity (Wildman–Crippen MR) is 60.8 cm³/mol. The monoisotopic (exact) mass is 227 g/mol. The molecule has 0 atom stereocenters. The average Bonchev–Trinajstić information content (AvgIpc) is 2.18. The Morgan fingerprint density at radius 1 is 1.47 bits per heavy atom. The Morgan fingerprint density at radius 3 is 2.93 bits per heavy atom. The molecule has 4 nitrogen and oxygen atoms in total. The van der Waals surface area contributed by atoms with E-state index in [1.165, 1.54) is 0 Å². The predicted octanol–water partition coefficient (Wildman–Crippen LogP) is 1.80. The van der Waals surface area contributed by atoms with Crippen molar-refractivity contribution in [3.63, 3.8) is 0 Å². The molecule has 82 valence electrons. The number of anilines is 1. The van der Waals surface area contributed by atoms with Crippen LogP contribution in [0.25, 0.3) is 0 Å². The zero-order valence-electron chi connectivity index (χ0n) is 8.37. The molecule has 1 heterocycles. The van der Waals surface area contributed by atoms with Crippen molar-refractivity contribution < 1.29 is 4.79 Å². The summed E-state index contributed by atoms with van der Waals surface area (Å²) in [5.74, 6) is 0.429. The first-order valence-corrected chi connectivity index (χ1v) is 5.22. The van der Waals surface area contributed by atoms with Gasteiger partial charge in [-0.3, -0.25) is 4.79 Å². The van der Waals surface area contributed by atoms with Crippen molar-refractivity contribution in [1.29, 1.82) is 0 Å². The summed E-state index contributed by atoms with van der Waals surface area (Å²) < 4.78 is 0. The van der Waals surface area contributed by atoms with E-state index in [4.69, 9.17) is 17.3 Å². The summed E-state index contributed by atoms with van der Waals surface area (Å²) in [5.41, 5.74) is 5.33. The lowest BCUT2D eigenvalue weighted by Crippen LogP contribution is -2.12. The van der Waals surface area contributed by atoms with E-state index in [1.54, 1.807) is 18.2 Å². The number of amides is 1. The molecule has 1 aromatic heterocycles. The Bertz CT molecular complexity index is 330. The molecular weight excluding hydrogens is 214 g/mol. The Balaban J connectivity index is 2.37. The van der Waals surface area contributed by atoms with Gasteiger partial charge in [0.1, 0.15) is 11.0 Å². The molecule has 1 rings (SSSR count). The van der Waals surface area contributed by atoms with E-state index in [9.17, 15) is 4.79 Å². The minimum atomic E-state index is -0.0572. The molecule has 0 bridgehead atoms. The quantitative estimate of drug-likeness (QED) is 0.596. The molecule has 0 unspecified atom stereocenters. The van der Waals surface area contributed by atoms with Gasteiger partial charge in [0.25, 0.3) is 0 Å². The maximum atomic E-state index is 11.4. The number of nitrogens with zero attached hydrogens (tertiary/aromatic N) is 1. The topological polar surface area (TPSA) is 68.0 Å². The summed E-state index contributed by atoms with van der Waals surface area (Å²) in [6.07, 6.45) is 2.12. The van der Waals surface area contributed by atoms with E-state index in [0.29, 0.717) is 23.9 Å². The fraction of sp³-hybridized carbons (Fsp3) is 0.400. The molecule has 0 fully saturated rings. The Morgan fingerprint density at radius 2 is 2.27 bits per heavy atom. The number of halogens is 1. The first-order chi connectivity index (χ1) is 7.22. The van der Waals surface area contributed by atoms with Crippen LogP contribution in [0.15, 0.2) is 18.2 Å². The van der Waals surface area contributed by atoms with E-state index in [1.807, 2.05) is 0 Å². The van der Waals surface area contributed by atoms with Crippen LogP contribution in [0.3, 0.4) is 0 Å². The molecule has 0 spiro atoms. The number of nitrogens with two attached hydrogens (primary N) is 1. The summed E-state index contributed by atoms with van der Waals surface area (Å²) in [4.78, 5) is 15.3. The highest BCUT2D eigenvalue weighted by Gasteiger charge is 2.02. The summed E-state index contributed by atoms with van der Waals surface area (Å²) in [7, 11) is 0. The van der Waals surface area contributed by atoms with E-state index in [-0.39, 0.29) is 5.91 Å². The zero-order chi connectivity index (χ0) is 11.1. The Kier molecular flexibility index (Phi) is 5.07. The molecule has 0 saturated heterocycles. The van der Waals surface area contributed by atoms with Crippen molar-refractivity contribution >= 4 is 23.3 Å². The maximum Gasteiger partial charge on any atom is 0.225 e. The third kappa shape index (κ3) is 4.76. The van der Waals surface area contributed by atoms with Crippen LogP contribution in [0, 0.1) is 0 Å². The van der Waals surface area contributed by atoms with Gasteiger partial charge >= 0.3 is 0 Å². The molecule has 0 saturated carbocycles. The first-order valence-electron chi connectivity index (χ1n) is 4.85. The number of unbranched alkanes of at least 4 members (excludes halogenated alkanes) is 1. The smallest absolute Gasteiger partial charge is 0.225 e. The van der Waals surface area contributed by atoms with Crippen molar-refractivity contribution in [2.75, 3.05) is 11.9 Å².